The zero-order chi connectivity index (χ0) is 10.9. The summed E-state index contributed by atoms with van der Waals surface area (Å²) in [5.41, 5.74) is 0.500. The highest BCUT2D eigenvalue weighted by Crippen LogP contribution is 2.32. The van der Waals surface area contributed by atoms with E-state index in [0.717, 1.165) is 12.8 Å². The van der Waals surface area contributed by atoms with E-state index >= 15 is 0 Å². The Kier molecular flexibility index (Phi) is 2.61. The summed E-state index contributed by atoms with van der Waals surface area (Å²) in [5, 5.41) is 0. The molecule has 1 aliphatic rings. The molecule has 1 saturated carbocycles. The van der Waals surface area contributed by atoms with Crippen LogP contribution in [0.5, 0.6) is 0 Å². The Morgan fingerprint density at radius 1 is 1.20 bits per heavy atom. The average molecular weight is 224 g/mol. The molecule has 4 heteroatoms. The van der Waals surface area contributed by atoms with E-state index in [4.69, 9.17) is 0 Å². The van der Waals surface area contributed by atoms with Crippen molar-refractivity contribution in [1.82, 2.24) is 0 Å². The molecule has 1 aliphatic carbocycles. The van der Waals surface area contributed by atoms with Crippen LogP contribution in [-0.4, -0.2) is 20.5 Å². The molecule has 0 spiro atoms. The van der Waals surface area contributed by atoms with Gasteiger partial charge in [0.2, 0.25) is 0 Å². The van der Waals surface area contributed by atoms with Crippen LogP contribution in [0.4, 0.5) is 0 Å². The third-order valence-electron chi connectivity index (χ3n) is 2.53. The van der Waals surface area contributed by atoms with E-state index in [1.165, 1.54) is 24.3 Å². The first-order valence-electron chi connectivity index (χ1n) is 4.90. The number of hydrogen-bond donors (Lipinski definition) is 0. The molecule has 1 aromatic carbocycles. The quantitative estimate of drug-likeness (QED) is 0.731. The first-order chi connectivity index (χ1) is 7.12. The molecule has 0 saturated heterocycles. The number of sulfone groups is 1. The second-order valence-electron chi connectivity index (χ2n) is 3.91. The van der Waals surface area contributed by atoms with Crippen LogP contribution in [0.1, 0.15) is 23.2 Å². The minimum atomic E-state index is -3.14. The number of benzene rings is 1. The first-order valence-corrected chi connectivity index (χ1v) is 6.55. The molecular weight excluding hydrogens is 212 g/mol. The fraction of sp³-hybridized carbons (Fsp3) is 0.364. The van der Waals surface area contributed by atoms with Gasteiger partial charge in [0, 0.05) is 5.56 Å². The van der Waals surface area contributed by atoms with Crippen molar-refractivity contribution >= 4 is 16.1 Å². The first kappa shape index (κ1) is 10.4. The Labute approximate surface area is 89.0 Å². The van der Waals surface area contributed by atoms with Gasteiger partial charge in [0.05, 0.1) is 10.6 Å². The van der Waals surface area contributed by atoms with Gasteiger partial charge in [0.15, 0.2) is 9.84 Å². The smallest absolute Gasteiger partial charge is 0.178 e. The molecule has 0 unspecified atom stereocenters. The molecule has 0 bridgehead atoms. The summed E-state index contributed by atoms with van der Waals surface area (Å²) in [6, 6.07) is 6.07. The van der Waals surface area contributed by atoms with E-state index < -0.39 is 9.84 Å². The predicted octanol–water partition coefficient (Wildman–Crippen LogP) is 1.68. The average Bonchev–Trinajstić information content (AvgIpc) is 3.01. The lowest BCUT2D eigenvalue weighted by molar-refractivity contribution is 0.112. The standard InChI is InChI=1S/C11H12O3S/c12-7-9-3-5-11(6-4-9)15(13,14)8-10-1-2-10/h3-7,10H,1-2,8H2. The number of carbonyl (C=O) groups is 1. The molecule has 80 valence electrons. The fourth-order valence-corrected chi connectivity index (χ4v) is 3.14. The van der Waals surface area contributed by atoms with Gasteiger partial charge < -0.3 is 0 Å². The van der Waals surface area contributed by atoms with Gasteiger partial charge in [-0.05, 0) is 30.9 Å². The minimum absolute atomic E-state index is 0.243. The van der Waals surface area contributed by atoms with Crippen LogP contribution in [0.25, 0.3) is 0 Å². The Hall–Kier alpha value is -1.16. The maximum atomic E-state index is 11.8. The molecule has 2 rings (SSSR count). The Morgan fingerprint density at radius 3 is 2.27 bits per heavy atom. The number of aldehydes is 1. The van der Waals surface area contributed by atoms with E-state index in [0.29, 0.717) is 22.7 Å². The van der Waals surface area contributed by atoms with Crippen molar-refractivity contribution in [2.24, 2.45) is 5.92 Å². The van der Waals surface area contributed by atoms with Gasteiger partial charge in [0.25, 0.3) is 0 Å². The summed E-state index contributed by atoms with van der Waals surface area (Å²) >= 11 is 0. The lowest BCUT2D eigenvalue weighted by Crippen LogP contribution is -2.08. The van der Waals surface area contributed by atoms with Crippen LogP contribution < -0.4 is 0 Å². The van der Waals surface area contributed by atoms with Gasteiger partial charge in [-0.15, -0.1) is 0 Å². The van der Waals surface area contributed by atoms with Crippen molar-refractivity contribution in [1.29, 1.82) is 0 Å². The third kappa shape index (κ3) is 2.45. The van der Waals surface area contributed by atoms with Crippen LogP contribution >= 0.6 is 0 Å². The maximum absolute atomic E-state index is 11.8. The van der Waals surface area contributed by atoms with Crippen LogP contribution in [-0.2, 0) is 9.84 Å². The van der Waals surface area contributed by atoms with Crippen molar-refractivity contribution in [3.8, 4) is 0 Å². The molecule has 0 N–H and O–H groups in total. The Morgan fingerprint density at radius 2 is 1.80 bits per heavy atom. The zero-order valence-electron chi connectivity index (χ0n) is 8.22. The minimum Gasteiger partial charge on any atom is -0.298 e. The van der Waals surface area contributed by atoms with Crippen LogP contribution in [0, 0.1) is 5.92 Å². The summed E-state index contributed by atoms with van der Waals surface area (Å²) in [4.78, 5) is 10.7. The normalized spacial score (nSPS) is 16.3. The molecule has 0 heterocycles. The van der Waals surface area contributed by atoms with Gasteiger partial charge >= 0.3 is 0 Å². The van der Waals surface area contributed by atoms with E-state index in [1.54, 1.807) is 0 Å². The van der Waals surface area contributed by atoms with Gasteiger partial charge in [-0.3, -0.25) is 4.79 Å². The molecule has 15 heavy (non-hydrogen) atoms. The SMILES string of the molecule is O=Cc1ccc(S(=O)(=O)CC2CC2)cc1. The number of hydrogen-bond acceptors (Lipinski definition) is 3. The van der Waals surface area contributed by atoms with Crippen molar-refractivity contribution in [2.75, 3.05) is 5.75 Å². The lowest BCUT2D eigenvalue weighted by Gasteiger charge is -2.02. The molecule has 0 aliphatic heterocycles. The third-order valence-corrected chi connectivity index (χ3v) is 4.43. The van der Waals surface area contributed by atoms with Gasteiger partial charge in [-0.25, -0.2) is 8.42 Å². The molecule has 1 fully saturated rings. The van der Waals surface area contributed by atoms with E-state index in [9.17, 15) is 13.2 Å². The van der Waals surface area contributed by atoms with Crippen molar-refractivity contribution < 1.29 is 13.2 Å². The molecule has 0 amide bonds. The molecule has 1 aromatic rings. The monoisotopic (exact) mass is 224 g/mol. The van der Waals surface area contributed by atoms with Crippen LogP contribution in [0.3, 0.4) is 0 Å². The molecule has 0 radical (unpaired) electrons. The van der Waals surface area contributed by atoms with Crippen molar-refractivity contribution in [3.05, 3.63) is 29.8 Å². The van der Waals surface area contributed by atoms with Crippen molar-refractivity contribution in [2.45, 2.75) is 17.7 Å². The topological polar surface area (TPSA) is 51.2 Å². The van der Waals surface area contributed by atoms with E-state index in [2.05, 4.69) is 0 Å². The fourth-order valence-electron chi connectivity index (χ4n) is 1.44. The highest BCUT2D eigenvalue weighted by Gasteiger charge is 2.28. The van der Waals surface area contributed by atoms with E-state index in [-0.39, 0.29) is 5.75 Å². The molecular formula is C11H12O3S. The molecule has 0 atom stereocenters. The summed E-state index contributed by atoms with van der Waals surface area (Å²) in [5.74, 6) is 0.591. The summed E-state index contributed by atoms with van der Waals surface area (Å²) < 4.78 is 23.6. The Bertz CT molecular complexity index is 455. The molecule has 3 nitrogen and oxygen atoms in total. The highest BCUT2D eigenvalue weighted by molar-refractivity contribution is 7.91. The zero-order valence-corrected chi connectivity index (χ0v) is 9.03. The highest BCUT2D eigenvalue weighted by atomic mass is 32.2. The Balaban J connectivity index is 2.23. The predicted molar refractivity (Wildman–Crippen MR) is 56.6 cm³/mol. The van der Waals surface area contributed by atoms with Gasteiger partial charge in [0.1, 0.15) is 6.29 Å². The van der Waals surface area contributed by atoms with Gasteiger partial charge in [-0.1, -0.05) is 12.1 Å². The maximum Gasteiger partial charge on any atom is 0.178 e. The van der Waals surface area contributed by atoms with Crippen LogP contribution in [0.2, 0.25) is 0 Å². The molecule has 0 aromatic heterocycles. The second-order valence-corrected chi connectivity index (χ2v) is 5.95. The van der Waals surface area contributed by atoms with Crippen molar-refractivity contribution in [3.63, 3.8) is 0 Å². The van der Waals surface area contributed by atoms with E-state index in [1.807, 2.05) is 0 Å². The number of rotatable bonds is 4. The largest absolute Gasteiger partial charge is 0.298 e. The summed E-state index contributed by atoms with van der Waals surface area (Å²) in [6.45, 7) is 0. The number of carbonyl (C=O) groups excluding carboxylic acids is 1. The summed E-state index contributed by atoms with van der Waals surface area (Å²) in [7, 11) is -3.14. The van der Waals surface area contributed by atoms with Gasteiger partial charge in [-0.2, -0.15) is 0 Å². The second kappa shape index (κ2) is 3.77. The lowest BCUT2D eigenvalue weighted by atomic mass is 10.2. The summed E-state index contributed by atoms with van der Waals surface area (Å²) in [6.07, 6.45) is 2.74. The van der Waals surface area contributed by atoms with Crippen LogP contribution in [0.15, 0.2) is 29.2 Å².